The maximum absolute atomic E-state index is 11.8. The molecule has 118 valence electrons. The zero-order chi connectivity index (χ0) is 14.5. The highest BCUT2D eigenvalue weighted by Crippen LogP contribution is 2.27. The topological polar surface area (TPSA) is 59.0 Å². The summed E-state index contributed by atoms with van der Waals surface area (Å²) in [7, 11) is 0. The van der Waals surface area contributed by atoms with Gasteiger partial charge in [-0.1, -0.05) is 18.2 Å². The highest BCUT2D eigenvalue weighted by Gasteiger charge is 2.20. The van der Waals surface area contributed by atoms with Crippen molar-refractivity contribution in [3.8, 4) is 5.69 Å². The van der Waals surface area contributed by atoms with Crippen LogP contribution < -0.4 is 10.6 Å². The molecule has 1 amide bonds. The summed E-state index contributed by atoms with van der Waals surface area (Å²) in [6.45, 7) is 1.86. The summed E-state index contributed by atoms with van der Waals surface area (Å²) in [5.74, 6) is 0.823. The number of nitrogens with one attached hydrogen (secondary N) is 2. The molecule has 22 heavy (non-hydrogen) atoms. The molecule has 2 N–H and O–H groups in total. The van der Waals surface area contributed by atoms with Crippen molar-refractivity contribution in [3.63, 3.8) is 0 Å². The lowest BCUT2D eigenvalue weighted by molar-refractivity contribution is -0.120. The van der Waals surface area contributed by atoms with Crippen LogP contribution in [0.15, 0.2) is 42.7 Å². The van der Waals surface area contributed by atoms with Crippen molar-refractivity contribution in [2.24, 2.45) is 5.92 Å². The summed E-state index contributed by atoms with van der Waals surface area (Å²) in [6, 6.07) is 9.84. The molecule has 1 aliphatic carbocycles. The quantitative estimate of drug-likeness (QED) is 0.819. The van der Waals surface area contributed by atoms with E-state index in [2.05, 4.69) is 15.7 Å². The van der Waals surface area contributed by atoms with Gasteiger partial charge in [-0.25, -0.2) is 4.68 Å². The first-order valence-electron chi connectivity index (χ1n) is 7.38. The Kier molecular flexibility index (Phi) is 5.98. The second-order valence-electron chi connectivity index (χ2n) is 5.43. The lowest BCUT2D eigenvalue weighted by Gasteiger charge is -2.11. The average Bonchev–Trinajstić information content (AvgIpc) is 3.16. The lowest BCUT2D eigenvalue weighted by Crippen LogP contribution is -2.34. The van der Waals surface area contributed by atoms with Crippen molar-refractivity contribution >= 4 is 18.3 Å². The maximum Gasteiger partial charge on any atom is 0.234 e. The third-order valence-corrected chi connectivity index (χ3v) is 3.63. The van der Waals surface area contributed by atoms with Crippen LogP contribution in [0, 0.1) is 5.92 Å². The molecular formula is C16H21ClN4O. The Labute approximate surface area is 136 Å². The zero-order valence-electron chi connectivity index (χ0n) is 12.4. The van der Waals surface area contributed by atoms with E-state index >= 15 is 0 Å². The number of para-hydroxylation sites is 1. The van der Waals surface area contributed by atoms with Crippen molar-refractivity contribution in [2.75, 3.05) is 13.1 Å². The van der Waals surface area contributed by atoms with Crippen molar-refractivity contribution in [1.29, 1.82) is 0 Å². The molecule has 0 spiro atoms. The Morgan fingerprint density at radius 2 is 2.09 bits per heavy atom. The standard InChI is InChI=1S/C16H20N4O.ClH/c21-16(12-17-10-13-6-7-13)18-11-14-4-1-2-5-15(14)20-9-3-8-19-20;/h1-5,8-9,13,17H,6-7,10-12H2,(H,18,21);1H. The number of hydrogen-bond donors (Lipinski definition) is 2. The number of carbonyl (C=O) groups excluding carboxylic acids is 1. The predicted molar refractivity (Wildman–Crippen MR) is 88.3 cm³/mol. The number of aromatic nitrogens is 2. The van der Waals surface area contributed by atoms with Gasteiger partial charge in [0, 0.05) is 18.9 Å². The molecule has 0 atom stereocenters. The fraction of sp³-hybridized carbons (Fsp3) is 0.375. The second kappa shape index (κ2) is 7.96. The van der Waals surface area contributed by atoms with Crippen LogP contribution in [-0.2, 0) is 11.3 Å². The van der Waals surface area contributed by atoms with Crippen LogP contribution in [0.3, 0.4) is 0 Å². The highest BCUT2D eigenvalue weighted by molar-refractivity contribution is 5.85. The van der Waals surface area contributed by atoms with Crippen LogP contribution in [0.4, 0.5) is 0 Å². The first kappa shape index (κ1) is 16.5. The molecular weight excluding hydrogens is 300 g/mol. The van der Waals surface area contributed by atoms with Crippen molar-refractivity contribution in [2.45, 2.75) is 19.4 Å². The normalized spacial score (nSPS) is 13.5. The Morgan fingerprint density at radius 3 is 2.82 bits per heavy atom. The van der Waals surface area contributed by atoms with Gasteiger partial charge in [0.2, 0.25) is 5.91 Å². The molecule has 1 aromatic heterocycles. The summed E-state index contributed by atoms with van der Waals surface area (Å²) in [5.41, 5.74) is 2.05. The number of hydrogen-bond acceptors (Lipinski definition) is 3. The Balaban J connectivity index is 0.00000176. The van der Waals surface area contributed by atoms with Crippen LogP contribution in [0.2, 0.25) is 0 Å². The van der Waals surface area contributed by atoms with Gasteiger partial charge in [-0.2, -0.15) is 5.10 Å². The molecule has 0 unspecified atom stereocenters. The van der Waals surface area contributed by atoms with E-state index in [1.807, 2.05) is 41.2 Å². The first-order valence-corrected chi connectivity index (χ1v) is 7.38. The van der Waals surface area contributed by atoms with Gasteiger partial charge in [0.15, 0.2) is 0 Å². The molecule has 1 aliphatic rings. The van der Waals surface area contributed by atoms with Crippen LogP contribution in [-0.4, -0.2) is 28.8 Å². The smallest absolute Gasteiger partial charge is 0.234 e. The molecule has 0 aliphatic heterocycles. The van der Waals surface area contributed by atoms with Gasteiger partial charge >= 0.3 is 0 Å². The van der Waals surface area contributed by atoms with Crippen LogP contribution in [0.25, 0.3) is 5.69 Å². The number of benzene rings is 1. The molecule has 0 radical (unpaired) electrons. The fourth-order valence-corrected chi connectivity index (χ4v) is 2.26. The van der Waals surface area contributed by atoms with Gasteiger partial charge in [0.1, 0.15) is 0 Å². The van der Waals surface area contributed by atoms with Crippen LogP contribution >= 0.6 is 12.4 Å². The van der Waals surface area contributed by atoms with E-state index in [4.69, 9.17) is 0 Å². The van der Waals surface area contributed by atoms with E-state index < -0.39 is 0 Å². The van der Waals surface area contributed by atoms with E-state index in [-0.39, 0.29) is 18.3 Å². The summed E-state index contributed by atoms with van der Waals surface area (Å²) in [5, 5.41) is 10.4. The van der Waals surface area contributed by atoms with Gasteiger partial charge in [0.05, 0.1) is 12.2 Å². The zero-order valence-corrected chi connectivity index (χ0v) is 13.2. The summed E-state index contributed by atoms with van der Waals surface area (Å²) in [6.07, 6.45) is 6.24. The third kappa shape index (κ3) is 4.58. The minimum absolute atomic E-state index is 0. The summed E-state index contributed by atoms with van der Waals surface area (Å²) in [4.78, 5) is 11.8. The van der Waals surface area contributed by atoms with E-state index in [1.54, 1.807) is 6.20 Å². The monoisotopic (exact) mass is 320 g/mol. The van der Waals surface area contributed by atoms with Crippen molar-refractivity contribution in [3.05, 3.63) is 48.3 Å². The number of amides is 1. The minimum Gasteiger partial charge on any atom is -0.351 e. The predicted octanol–water partition coefficient (Wildman–Crippen LogP) is 1.91. The van der Waals surface area contributed by atoms with Crippen molar-refractivity contribution in [1.82, 2.24) is 20.4 Å². The number of halogens is 1. The van der Waals surface area contributed by atoms with Gasteiger partial charge < -0.3 is 10.6 Å². The average molecular weight is 321 g/mol. The van der Waals surface area contributed by atoms with Crippen molar-refractivity contribution < 1.29 is 4.79 Å². The summed E-state index contributed by atoms with van der Waals surface area (Å²) >= 11 is 0. The minimum atomic E-state index is 0. The largest absolute Gasteiger partial charge is 0.351 e. The third-order valence-electron chi connectivity index (χ3n) is 3.63. The Morgan fingerprint density at radius 1 is 1.27 bits per heavy atom. The fourth-order valence-electron chi connectivity index (χ4n) is 2.26. The number of carbonyl (C=O) groups is 1. The van der Waals surface area contributed by atoms with Gasteiger partial charge in [0.25, 0.3) is 0 Å². The van der Waals surface area contributed by atoms with E-state index in [9.17, 15) is 4.79 Å². The van der Waals surface area contributed by atoms with E-state index in [1.165, 1.54) is 12.8 Å². The molecule has 0 bridgehead atoms. The molecule has 1 fully saturated rings. The highest BCUT2D eigenvalue weighted by atomic mass is 35.5. The molecule has 2 aromatic rings. The molecule has 1 aromatic carbocycles. The van der Waals surface area contributed by atoms with Gasteiger partial charge in [-0.05, 0) is 43.0 Å². The van der Waals surface area contributed by atoms with Gasteiger partial charge in [-0.3, -0.25) is 4.79 Å². The first-order chi connectivity index (χ1) is 10.3. The lowest BCUT2D eigenvalue weighted by atomic mass is 10.2. The number of nitrogens with zero attached hydrogens (tertiary/aromatic N) is 2. The Bertz CT molecular complexity index is 596. The van der Waals surface area contributed by atoms with Gasteiger partial charge in [-0.15, -0.1) is 12.4 Å². The van der Waals surface area contributed by atoms with Crippen LogP contribution in [0.1, 0.15) is 18.4 Å². The van der Waals surface area contributed by atoms with Crippen LogP contribution in [0.5, 0.6) is 0 Å². The molecule has 6 heteroatoms. The summed E-state index contributed by atoms with van der Waals surface area (Å²) < 4.78 is 1.81. The number of rotatable bonds is 7. The SMILES string of the molecule is Cl.O=C(CNCC1CC1)NCc1ccccc1-n1cccn1. The maximum atomic E-state index is 11.8. The molecule has 0 saturated heterocycles. The second-order valence-corrected chi connectivity index (χ2v) is 5.43. The molecule has 1 saturated carbocycles. The molecule has 5 nitrogen and oxygen atoms in total. The Hall–Kier alpha value is -1.85. The molecule has 1 heterocycles. The molecule has 3 rings (SSSR count). The van der Waals surface area contributed by atoms with E-state index in [0.29, 0.717) is 13.1 Å². The van der Waals surface area contributed by atoms with E-state index in [0.717, 1.165) is 23.7 Å².